The summed E-state index contributed by atoms with van der Waals surface area (Å²) in [6, 6.07) is 0. The minimum Gasteiger partial charge on any atom is -0.481 e. The number of carbonyl (C=O) groups excluding carboxylic acids is 2. The van der Waals surface area contributed by atoms with Crippen molar-refractivity contribution in [2.45, 2.75) is 39.4 Å². The molecule has 2 aliphatic carbocycles. The molecule has 3 rings (SSSR count). The number of rotatable bonds is 7. The first-order valence-electron chi connectivity index (χ1n) is 9.34. The third-order valence-corrected chi connectivity index (χ3v) is 6.95. The van der Waals surface area contributed by atoms with Gasteiger partial charge in [0.25, 0.3) is 0 Å². The summed E-state index contributed by atoms with van der Waals surface area (Å²) in [5.41, 5.74) is 0. The summed E-state index contributed by atoms with van der Waals surface area (Å²) in [5.74, 6) is -2.48. The van der Waals surface area contributed by atoms with Crippen LogP contribution in [-0.4, -0.2) is 43.5 Å². The van der Waals surface area contributed by atoms with Gasteiger partial charge in [-0.1, -0.05) is 13.8 Å². The molecule has 2 saturated carbocycles. The van der Waals surface area contributed by atoms with E-state index in [1.54, 1.807) is 28.1 Å². The quantitative estimate of drug-likeness (QED) is 0.416. The number of methoxy groups -OCH3 is 2. The van der Waals surface area contributed by atoms with E-state index in [1.165, 1.54) is 0 Å². The van der Waals surface area contributed by atoms with Crippen LogP contribution in [-0.2, 0) is 28.6 Å². The molecule has 1 N–H and O–H groups in total. The van der Waals surface area contributed by atoms with Crippen LogP contribution in [0.2, 0.25) is 0 Å². The summed E-state index contributed by atoms with van der Waals surface area (Å²) in [4.78, 5) is 35.7. The van der Waals surface area contributed by atoms with E-state index < -0.39 is 35.7 Å². The van der Waals surface area contributed by atoms with Crippen LogP contribution in [0.15, 0.2) is 0 Å². The van der Waals surface area contributed by atoms with Crippen molar-refractivity contribution in [3.8, 4) is 0 Å². The fraction of sp³-hybridized carbons (Fsp3) is 0.842. The number of fused-ring (bicyclic) bond motifs is 2. The lowest BCUT2D eigenvalue weighted by molar-refractivity contribution is -0.161. The molecule has 8 unspecified atom stereocenters. The molecule has 3 fully saturated rings. The summed E-state index contributed by atoms with van der Waals surface area (Å²) < 4.78 is 15.8. The van der Waals surface area contributed by atoms with Crippen LogP contribution in [0.5, 0.6) is 0 Å². The molecule has 0 aromatic heterocycles. The SMILES string of the molecule is COC(OC)C1CC2CC1C(CC(C)C(=O)O)C2C1C(=O)OC(=O)C1C. The monoisotopic (exact) mass is 368 g/mol. The summed E-state index contributed by atoms with van der Waals surface area (Å²) >= 11 is 0. The first-order chi connectivity index (χ1) is 12.3. The zero-order valence-electron chi connectivity index (χ0n) is 15.7. The number of esters is 2. The standard InChI is InChI=1S/C19H28O7/c1-8(16(20)21)5-12-11-6-10(7-13(11)19(24-3)25-4)15(12)14-9(2)17(22)26-18(14)23/h8-15,19H,5-7H2,1-4H3,(H,20,21). The van der Waals surface area contributed by atoms with Crippen molar-refractivity contribution >= 4 is 17.9 Å². The molecular weight excluding hydrogens is 340 g/mol. The zero-order chi connectivity index (χ0) is 19.2. The highest BCUT2D eigenvalue weighted by Crippen LogP contribution is 2.61. The van der Waals surface area contributed by atoms with Gasteiger partial charge in [-0.2, -0.15) is 0 Å². The van der Waals surface area contributed by atoms with Crippen molar-refractivity contribution in [1.29, 1.82) is 0 Å². The van der Waals surface area contributed by atoms with E-state index in [4.69, 9.17) is 14.2 Å². The second-order valence-electron chi connectivity index (χ2n) is 8.17. The number of carbonyl (C=O) groups is 3. The van der Waals surface area contributed by atoms with Crippen molar-refractivity contribution in [1.82, 2.24) is 0 Å². The van der Waals surface area contributed by atoms with Gasteiger partial charge >= 0.3 is 17.9 Å². The number of carboxylic acid groups (broad SMARTS) is 1. The molecule has 0 aromatic carbocycles. The van der Waals surface area contributed by atoms with E-state index >= 15 is 0 Å². The Bertz CT molecular complexity index is 584. The Balaban J connectivity index is 1.88. The zero-order valence-corrected chi connectivity index (χ0v) is 15.7. The number of carboxylic acids is 1. The predicted molar refractivity (Wildman–Crippen MR) is 89.7 cm³/mol. The van der Waals surface area contributed by atoms with Crippen LogP contribution in [0.4, 0.5) is 0 Å². The third-order valence-electron chi connectivity index (χ3n) is 6.95. The van der Waals surface area contributed by atoms with Crippen LogP contribution in [0.25, 0.3) is 0 Å². The molecule has 0 spiro atoms. The molecular formula is C19H28O7. The summed E-state index contributed by atoms with van der Waals surface area (Å²) in [7, 11) is 3.23. The first kappa shape index (κ1) is 19.3. The van der Waals surface area contributed by atoms with Gasteiger partial charge in [0.2, 0.25) is 0 Å². The number of hydrogen-bond donors (Lipinski definition) is 1. The fourth-order valence-corrected chi connectivity index (χ4v) is 5.85. The Labute approximate surface area is 153 Å². The first-order valence-corrected chi connectivity index (χ1v) is 9.34. The van der Waals surface area contributed by atoms with Crippen LogP contribution in [0, 0.1) is 47.3 Å². The van der Waals surface area contributed by atoms with Gasteiger partial charge in [0.15, 0.2) is 6.29 Å². The van der Waals surface area contributed by atoms with E-state index in [2.05, 4.69) is 0 Å². The summed E-state index contributed by atoms with van der Waals surface area (Å²) in [5, 5.41) is 9.38. The predicted octanol–water partition coefficient (Wildman–Crippen LogP) is 1.94. The molecule has 0 radical (unpaired) electrons. The van der Waals surface area contributed by atoms with Crippen LogP contribution in [0.3, 0.4) is 0 Å². The Morgan fingerprint density at radius 3 is 2.38 bits per heavy atom. The minimum absolute atomic E-state index is 0.0126. The van der Waals surface area contributed by atoms with Gasteiger partial charge in [-0.3, -0.25) is 14.4 Å². The fourth-order valence-electron chi connectivity index (χ4n) is 5.85. The maximum atomic E-state index is 12.3. The Hall–Kier alpha value is -1.47. The normalized spacial score (nSPS) is 40.3. The number of cyclic esters (lactones) is 2. The lowest BCUT2D eigenvalue weighted by atomic mass is 9.64. The van der Waals surface area contributed by atoms with Gasteiger partial charge in [0.1, 0.15) is 0 Å². The number of ether oxygens (including phenoxy) is 3. The minimum atomic E-state index is -0.837. The van der Waals surface area contributed by atoms with E-state index in [-0.39, 0.29) is 35.9 Å². The van der Waals surface area contributed by atoms with Crippen molar-refractivity contribution < 1.29 is 33.7 Å². The average Bonchev–Trinajstić information content (AvgIpc) is 3.22. The van der Waals surface area contributed by atoms with Crippen LogP contribution < -0.4 is 0 Å². The average molecular weight is 368 g/mol. The molecule has 7 heteroatoms. The highest BCUT2D eigenvalue weighted by atomic mass is 16.7. The Kier molecular flexibility index (Phi) is 5.40. The van der Waals surface area contributed by atoms with Gasteiger partial charge in [0, 0.05) is 20.1 Å². The maximum Gasteiger partial charge on any atom is 0.317 e. The number of hydrogen-bond acceptors (Lipinski definition) is 6. The Morgan fingerprint density at radius 1 is 1.23 bits per heavy atom. The highest BCUT2D eigenvalue weighted by Gasteiger charge is 2.61. The van der Waals surface area contributed by atoms with Crippen molar-refractivity contribution in [2.75, 3.05) is 14.2 Å². The lowest BCUT2D eigenvalue weighted by Crippen LogP contribution is -2.42. The second kappa shape index (κ2) is 7.27. The van der Waals surface area contributed by atoms with Crippen molar-refractivity contribution in [3.05, 3.63) is 0 Å². The van der Waals surface area contributed by atoms with Gasteiger partial charge in [0.05, 0.1) is 17.8 Å². The van der Waals surface area contributed by atoms with Crippen LogP contribution in [0.1, 0.15) is 33.1 Å². The Morgan fingerprint density at radius 2 is 1.88 bits per heavy atom. The van der Waals surface area contributed by atoms with E-state index in [1.807, 2.05) is 0 Å². The molecule has 7 nitrogen and oxygen atoms in total. The lowest BCUT2D eigenvalue weighted by Gasteiger charge is -2.41. The molecule has 26 heavy (non-hydrogen) atoms. The molecule has 1 aliphatic heterocycles. The highest BCUT2D eigenvalue weighted by molar-refractivity contribution is 5.96. The van der Waals surface area contributed by atoms with E-state index in [9.17, 15) is 19.5 Å². The maximum absolute atomic E-state index is 12.3. The molecule has 2 bridgehead atoms. The second-order valence-corrected chi connectivity index (χ2v) is 8.17. The van der Waals surface area contributed by atoms with Gasteiger partial charge in [-0.25, -0.2) is 0 Å². The van der Waals surface area contributed by atoms with E-state index in [0.717, 1.165) is 12.8 Å². The van der Waals surface area contributed by atoms with Crippen LogP contribution >= 0.6 is 0 Å². The molecule has 8 atom stereocenters. The van der Waals surface area contributed by atoms with E-state index in [0.29, 0.717) is 6.42 Å². The molecule has 0 amide bonds. The topological polar surface area (TPSA) is 99.1 Å². The van der Waals surface area contributed by atoms with Crippen molar-refractivity contribution in [3.63, 3.8) is 0 Å². The molecule has 3 aliphatic rings. The molecule has 0 aromatic rings. The van der Waals surface area contributed by atoms with Gasteiger partial charge in [-0.15, -0.1) is 0 Å². The number of aliphatic carboxylic acids is 1. The summed E-state index contributed by atoms with van der Waals surface area (Å²) in [6.45, 7) is 3.44. The third kappa shape index (κ3) is 3.05. The smallest absolute Gasteiger partial charge is 0.317 e. The molecule has 1 heterocycles. The molecule has 146 valence electrons. The summed E-state index contributed by atoms with van der Waals surface area (Å²) in [6.07, 6.45) is 1.94. The van der Waals surface area contributed by atoms with Gasteiger partial charge in [-0.05, 0) is 42.9 Å². The molecule has 1 saturated heterocycles. The van der Waals surface area contributed by atoms with Gasteiger partial charge < -0.3 is 19.3 Å². The van der Waals surface area contributed by atoms with Crippen molar-refractivity contribution in [2.24, 2.45) is 47.3 Å². The largest absolute Gasteiger partial charge is 0.481 e.